The first kappa shape index (κ1) is 22.9. The number of ether oxygens (including phenoxy) is 1. The highest BCUT2D eigenvalue weighted by Gasteiger charge is 2.45. The zero-order valence-corrected chi connectivity index (χ0v) is 18.9. The number of ketones is 1. The smallest absolute Gasteiger partial charge is 0.295 e. The lowest BCUT2D eigenvalue weighted by atomic mass is 9.95. The predicted octanol–water partition coefficient (Wildman–Crippen LogP) is 5.74. The number of nitrogens with zero attached hydrogens (tertiary/aromatic N) is 1. The lowest BCUT2D eigenvalue weighted by Gasteiger charge is -2.25. The van der Waals surface area contributed by atoms with Crippen molar-refractivity contribution in [3.8, 4) is 5.75 Å². The van der Waals surface area contributed by atoms with Gasteiger partial charge in [-0.1, -0.05) is 43.5 Å². The van der Waals surface area contributed by atoms with Crippen LogP contribution < -0.4 is 4.74 Å². The van der Waals surface area contributed by atoms with Gasteiger partial charge in [-0.25, -0.2) is 0 Å². The van der Waals surface area contributed by atoms with Crippen LogP contribution in [-0.2, 0) is 9.59 Å². The van der Waals surface area contributed by atoms with Crippen LogP contribution in [0.25, 0.3) is 5.76 Å². The van der Waals surface area contributed by atoms with Crippen molar-refractivity contribution in [3.05, 3.63) is 70.3 Å². The van der Waals surface area contributed by atoms with E-state index in [0.29, 0.717) is 22.9 Å². The van der Waals surface area contributed by atoms with E-state index in [1.807, 2.05) is 13.8 Å². The molecule has 1 N–H and O–H groups in total. The van der Waals surface area contributed by atoms with Gasteiger partial charge in [-0.15, -0.1) is 0 Å². The van der Waals surface area contributed by atoms with Crippen molar-refractivity contribution in [1.29, 1.82) is 0 Å². The molecule has 3 rings (SSSR count). The number of unbranched alkanes of at least 4 members (excludes halogenated alkanes) is 2. The number of carbonyl (C=O) groups is 2. The van der Waals surface area contributed by atoms with Crippen LogP contribution in [0.15, 0.2) is 54.1 Å². The lowest BCUT2D eigenvalue weighted by molar-refractivity contribution is -0.139. The molecule has 31 heavy (non-hydrogen) atoms. The summed E-state index contributed by atoms with van der Waals surface area (Å²) in [5.74, 6) is -0.776. The van der Waals surface area contributed by atoms with Crippen molar-refractivity contribution >= 4 is 29.1 Å². The zero-order valence-electron chi connectivity index (χ0n) is 18.1. The Bertz CT molecular complexity index is 964. The number of halogens is 1. The molecule has 1 amide bonds. The molecule has 0 aromatic heterocycles. The molecule has 1 saturated heterocycles. The van der Waals surface area contributed by atoms with Gasteiger partial charge in [0.1, 0.15) is 11.5 Å². The molecule has 5 nitrogen and oxygen atoms in total. The second-order valence-corrected chi connectivity index (χ2v) is 8.38. The number of aliphatic hydroxyl groups excluding tert-OH is 1. The van der Waals surface area contributed by atoms with Gasteiger partial charge in [-0.3, -0.25) is 9.59 Å². The van der Waals surface area contributed by atoms with E-state index in [2.05, 4.69) is 6.92 Å². The highest BCUT2D eigenvalue weighted by atomic mass is 35.5. The molecular formula is C25H28ClNO4. The Morgan fingerprint density at radius 2 is 1.71 bits per heavy atom. The Morgan fingerprint density at radius 1 is 1.06 bits per heavy atom. The summed E-state index contributed by atoms with van der Waals surface area (Å²) in [6.07, 6.45) is 2.76. The highest BCUT2D eigenvalue weighted by Crippen LogP contribution is 2.40. The molecule has 6 heteroatoms. The topological polar surface area (TPSA) is 66.8 Å². The minimum atomic E-state index is -0.670. The summed E-state index contributed by atoms with van der Waals surface area (Å²) in [4.78, 5) is 27.4. The maximum absolute atomic E-state index is 13.0. The zero-order chi connectivity index (χ0) is 22.5. The highest BCUT2D eigenvalue weighted by molar-refractivity contribution is 6.46. The van der Waals surface area contributed by atoms with Gasteiger partial charge in [0.25, 0.3) is 11.7 Å². The third kappa shape index (κ3) is 5.10. The second kappa shape index (κ2) is 10.0. The number of aliphatic hydroxyl groups is 1. The quantitative estimate of drug-likeness (QED) is 0.245. The van der Waals surface area contributed by atoms with Crippen LogP contribution >= 0.6 is 11.6 Å². The molecule has 2 aromatic carbocycles. The van der Waals surface area contributed by atoms with Crippen LogP contribution in [0.4, 0.5) is 0 Å². The first-order valence-electron chi connectivity index (χ1n) is 10.6. The van der Waals surface area contributed by atoms with Gasteiger partial charge < -0.3 is 14.7 Å². The van der Waals surface area contributed by atoms with Gasteiger partial charge in [-0.05, 0) is 62.2 Å². The SMILES string of the molecule is CCCCCN1C(=O)C(=O)/C(=C(\O)c2ccc(OC(C)C)cc2)C1c1ccc(Cl)cc1. The molecule has 0 radical (unpaired) electrons. The molecule has 1 unspecified atom stereocenters. The third-order valence-electron chi connectivity index (χ3n) is 5.23. The van der Waals surface area contributed by atoms with Crippen molar-refractivity contribution < 1.29 is 19.4 Å². The monoisotopic (exact) mass is 441 g/mol. The van der Waals surface area contributed by atoms with E-state index >= 15 is 0 Å². The van der Waals surface area contributed by atoms with E-state index in [4.69, 9.17) is 16.3 Å². The van der Waals surface area contributed by atoms with Gasteiger partial charge in [0.05, 0.1) is 17.7 Å². The van der Waals surface area contributed by atoms with Crippen molar-refractivity contribution in [3.63, 3.8) is 0 Å². The average Bonchev–Trinajstić information content (AvgIpc) is 2.99. The summed E-state index contributed by atoms with van der Waals surface area (Å²) >= 11 is 6.04. The largest absolute Gasteiger partial charge is 0.507 e. The molecule has 1 aliphatic rings. The van der Waals surface area contributed by atoms with Crippen LogP contribution in [0.2, 0.25) is 5.02 Å². The first-order valence-corrected chi connectivity index (χ1v) is 11.0. The van der Waals surface area contributed by atoms with E-state index in [-0.39, 0.29) is 17.4 Å². The van der Waals surface area contributed by atoms with Crippen molar-refractivity contribution in [1.82, 2.24) is 4.90 Å². The van der Waals surface area contributed by atoms with Crippen molar-refractivity contribution in [2.24, 2.45) is 0 Å². The van der Waals surface area contributed by atoms with Gasteiger partial charge >= 0.3 is 0 Å². The number of likely N-dealkylation sites (tertiary alicyclic amines) is 1. The summed E-state index contributed by atoms with van der Waals surface area (Å²) in [5, 5.41) is 11.6. The Balaban J connectivity index is 2.04. The molecule has 164 valence electrons. The van der Waals surface area contributed by atoms with Crippen LogP contribution in [0.1, 0.15) is 57.2 Å². The van der Waals surface area contributed by atoms with Crippen LogP contribution in [-0.4, -0.2) is 34.3 Å². The molecule has 2 aromatic rings. The van der Waals surface area contributed by atoms with E-state index in [1.54, 1.807) is 53.4 Å². The van der Waals surface area contributed by atoms with E-state index in [0.717, 1.165) is 24.8 Å². The molecule has 0 saturated carbocycles. The molecule has 1 aliphatic heterocycles. The first-order chi connectivity index (χ1) is 14.8. The van der Waals surface area contributed by atoms with Crippen LogP contribution in [0, 0.1) is 0 Å². The Hall–Kier alpha value is -2.79. The molecule has 1 heterocycles. The molecule has 0 bridgehead atoms. The van der Waals surface area contributed by atoms with Gasteiger partial charge in [0, 0.05) is 17.1 Å². The fraction of sp³-hybridized carbons (Fsp3) is 0.360. The summed E-state index contributed by atoms with van der Waals surface area (Å²) in [6.45, 7) is 6.39. The number of hydrogen-bond acceptors (Lipinski definition) is 4. The molecule has 1 fully saturated rings. The maximum atomic E-state index is 13.0. The number of amides is 1. The van der Waals surface area contributed by atoms with E-state index in [1.165, 1.54) is 0 Å². The number of rotatable bonds is 8. The lowest BCUT2D eigenvalue weighted by Crippen LogP contribution is -2.30. The third-order valence-corrected chi connectivity index (χ3v) is 5.48. The fourth-order valence-corrected chi connectivity index (χ4v) is 3.88. The van der Waals surface area contributed by atoms with Crippen LogP contribution in [0.3, 0.4) is 0 Å². The Kier molecular flexibility index (Phi) is 7.39. The number of carbonyl (C=O) groups excluding carboxylic acids is 2. The van der Waals surface area contributed by atoms with E-state index in [9.17, 15) is 14.7 Å². The minimum Gasteiger partial charge on any atom is -0.507 e. The molecular weight excluding hydrogens is 414 g/mol. The number of Topliss-reactive ketones (excluding diaryl/α,β-unsaturated/α-hetero) is 1. The van der Waals surface area contributed by atoms with Crippen molar-refractivity contribution in [2.75, 3.05) is 6.54 Å². The Morgan fingerprint density at radius 3 is 2.29 bits per heavy atom. The van der Waals surface area contributed by atoms with Gasteiger partial charge in [0.15, 0.2) is 0 Å². The van der Waals surface area contributed by atoms with Gasteiger partial charge in [0.2, 0.25) is 0 Å². The fourth-order valence-electron chi connectivity index (χ4n) is 3.75. The average molecular weight is 442 g/mol. The number of benzene rings is 2. The number of hydrogen-bond donors (Lipinski definition) is 1. The maximum Gasteiger partial charge on any atom is 0.295 e. The van der Waals surface area contributed by atoms with E-state index < -0.39 is 17.7 Å². The molecule has 0 spiro atoms. The Labute approximate surface area is 188 Å². The van der Waals surface area contributed by atoms with Crippen LogP contribution in [0.5, 0.6) is 5.75 Å². The summed E-state index contributed by atoms with van der Waals surface area (Å²) in [7, 11) is 0. The summed E-state index contributed by atoms with van der Waals surface area (Å²) in [5.41, 5.74) is 1.30. The standard InChI is InChI=1S/C25H28ClNO4/c1-4-5-6-15-27-22(17-7-11-19(26)12-8-17)21(24(29)25(27)30)23(28)18-9-13-20(14-10-18)31-16(2)3/h7-14,16,22,28H,4-6,15H2,1-3H3/b23-21-. The molecule has 0 aliphatic carbocycles. The second-order valence-electron chi connectivity index (χ2n) is 7.94. The predicted molar refractivity (Wildman–Crippen MR) is 122 cm³/mol. The van der Waals surface area contributed by atoms with Gasteiger partial charge in [-0.2, -0.15) is 0 Å². The molecule has 1 atom stereocenters. The normalized spacial score (nSPS) is 18.1. The summed E-state index contributed by atoms with van der Waals surface area (Å²) < 4.78 is 5.65. The minimum absolute atomic E-state index is 0.0257. The van der Waals surface area contributed by atoms with Crippen molar-refractivity contribution in [2.45, 2.75) is 52.2 Å². The summed E-state index contributed by atoms with van der Waals surface area (Å²) in [6, 6.07) is 13.2.